The van der Waals surface area contributed by atoms with Crippen LogP contribution in [-0.2, 0) is 0 Å². The molecule has 1 N–H and O–H groups in total. The van der Waals surface area contributed by atoms with Crippen LogP contribution in [-0.4, -0.2) is 6.54 Å². The summed E-state index contributed by atoms with van der Waals surface area (Å²) in [6.07, 6.45) is 6.41. The largest absolute Gasteiger partial charge is 0.385 e. The molecule has 2 heteroatoms. The summed E-state index contributed by atoms with van der Waals surface area (Å²) in [7, 11) is 0. The van der Waals surface area contributed by atoms with Crippen LogP contribution in [0.4, 0.5) is 10.1 Å². The van der Waals surface area contributed by atoms with Gasteiger partial charge in [0, 0.05) is 12.2 Å². The van der Waals surface area contributed by atoms with Crippen LogP contribution >= 0.6 is 0 Å². The topological polar surface area (TPSA) is 12.0 Å². The van der Waals surface area contributed by atoms with Crippen LogP contribution in [0.3, 0.4) is 0 Å². The zero-order valence-electron chi connectivity index (χ0n) is 9.43. The standard InChI is InChI=1S/C13H20FN/c1-2-3-4-5-6-11-15-13-9-7-12(14)8-10-13/h7-10,15H,2-6,11H2,1H3. The van der Waals surface area contributed by atoms with E-state index in [1.54, 1.807) is 12.1 Å². The monoisotopic (exact) mass is 209 g/mol. The lowest BCUT2D eigenvalue weighted by molar-refractivity contribution is 0.627. The summed E-state index contributed by atoms with van der Waals surface area (Å²) < 4.78 is 12.6. The first kappa shape index (κ1) is 12.0. The van der Waals surface area contributed by atoms with Crippen molar-refractivity contribution in [3.8, 4) is 0 Å². The maximum Gasteiger partial charge on any atom is 0.123 e. The van der Waals surface area contributed by atoms with Gasteiger partial charge in [-0.25, -0.2) is 4.39 Å². The van der Waals surface area contributed by atoms with Gasteiger partial charge in [0.1, 0.15) is 5.82 Å². The van der Waals surface area contributed by atoms with E-state index in [-0.39, 0.29) is 5.82 Å². The van der Waals surface area contributed by atoms with E-state index < -0.39 is 0 Å². The quantitative estimate of drug-likeness (QED) is 0.663. The highest BCUT2D eigenvalue weighted by atomic mass is 19.1. The summed E-state index contributed by atoms with van der Waals surface area (Å²) in [5.74, 6) is -0.177. The molecule has 0 heterocycles. The lowest BCUT2D eigenvalue weighted by Crippen LogP contribution is -2.01. The molecule has 0 amide bonds. The highest BCUT2D eigenvalue weighted by molar-refractivity contribution is 5.42. The van der Waals surface area contributed by atoms with Crippen LogP contribution in [0.25, 0.3) is 0 Å². The minimum absolute atomic E-state index is 0.177. The molecule has 0 atom stereocenters. The van der Waals surface area contributed by atoms with E-state index in [4.69, 9.17) is 0 Å². The van der Waals surface area contributed by atoms with Crippen LogP contribution in [0.1, 0.15) is 39.0 Å². The van der Waals surface area contributed by atoms with Crippen molar-refractivity contribution < 1.29 is 4.39 Å². The van der Waals surface area contributed by atoms with Gasteiger partial charge in [0.05, 0.1) is 0 Å². The summed E-state index contributed by atoms with van der Waals surface area (Å²) in [5.41, 5.74) is 1.01. The third-order valence-corrected chi connectivity index (χ3v) is 2.45. The molecule has 0 aliphatic carbocycles. The fraction of sp³-hybridized carbons (Fsp3) is 0.538. The Morgan fingerprint density at radius 2 is 1.67 bits per heavy atom. The zero-order valence-corrected chi connectivity index (χ0v) is 9.43. The van der Waals surface area contributed by atoms with Crippen molar-refractivity contribution in [1.82, 2.24) is 0 Å². The van der Waals surface area contributed by atoms with Crippen LogP contribution in [0.15, 0.2) is 24.3 Å². The second-order valence-electron chi connectivity index (χ2n) is 3.85. The molecule has 0 aliphatic heterocycles. The molecule has 0 aromatic heterocycles. The van der Waals surface area contributed by atoms with Gasteiger partial charge in [-0.2, -0.15) is 0 Å². The van der Waals surface area contributed by atoms with Gasteiger partial charge >= 0.3 is 0 Å². The third-order valence-electron chi connectivity index (χ3n) is 2.45. The smallest absolute Gasteiger partial charge is 0.123 e. The van der Waals surface area contributed by atoms with Crippen LogP contribution < -0.4 is 5.32 Å². The number of anilines is 1. The molecule has 0 fully saturated rings. The lowest BCUT2D eigenvalue weighted by Gasteiger charge is -2.05. The summed E-state index contributed by atoms with van der Waals surface area (Å²) in [6.45, 7) is 3.20. The normalized spacial score (nSPS) is 10.3. The van der Waals surface area contributed by atoms with E-state index in [1.165, 1.54) is 44.2 Å². The molecule has 1 aromatic rings. The summed E-state index contributed by atoms with van der Waals surface area (Å²) >= 11 is 0. The Morgan fingerprint density at radius 1 is 1.00 bits per heavy atom. The van der Waals surface area contributed by atoms with E-state index >= 15 is 0 Å². The Morgan fingerprint density at radius 3 is 2.33 bits per heavy atom. The molecule has 1 nitrogen and oxygen atoms in total. The van der Waals surface area contributed by atoms with E-state index in [2.05, 4.69) is 12.2 Å². The first-order chi connectivity index (χ1) is 7.33. The van der Waals surface area contributed by atoms with Crippen LogP contribution in [0, 0.1) is 5.82 Å². The predicted molar refractivity (Wildman–Crippen MR) is 63.6 cm³/mol. The van der Waals surface area contributed by atoms with Crippen molar-refractivity contribution in [2.24, 2.45) is 0 Å². The van der Waals surface area contributed by atoms with Gasteiger partial charge in [-0.3, -0.25) is 0 Å². The van der Waals surface area contributed by atoms with Crippen molar-refractivity contribution in [3.05, 3.63) is 30.1 Å². The molecule has 0 saturated heterocycles. The van der Waals surface area contributed by atoms with Gasteiger partial charge in [0.15, 0.2) is 0 Å². The summed E-state index contributed by atoms with van der Waals surface area (Å²) in [4.78, 5) is 0. The highest BCUT2D eigenvalue weighted by Crippen LogP contribution is 2.09. The summed E-state index contributed by atoms with van der Waals surface area (Å²) in [5, 5.41) is 3.28. The number of halogens is 1. The van der Waals surface area contributed by atoms with Crippen molar-refractivity contribution >= 4 is 5.69 Å². The molecule has 0 unspecified atom stereocenters. The molecule has 0 bridgehead atoms. The Labute approximate surface area is 91.7 Å². The Bertz CT molecular complexity index is 256. The number of rotatable bonds is 7. The SMILES string of the molecule is CCCCCCCNc1ccc(F)cc1. The van der Waals surface area contributed by atoms with E-state index in [0.717, 1.165) is 12.2 Å². The molecule has 0 radical (unpaired) electrons. The average molecular weight is 209 g/mol. The van der Waals surface area contributed by atoms with Gasteiger partial charge < -0.3 is 5.32 Å². The van der Waals surface area contributed by atoms with Crippen LogP contribution in [0.2, 0.25) is 0 Å². The molecule has 0 saturated carbocycles. The van der Waals surface area contributed by atoms with Gasteiger partial charge in [0.25, 0.3) is 0 Å². The fourth-order valence-electron chi connectivity index (χ4n) is 1.53. The van der Waals surface area contributed by atoms with Crippen molar-refractivity contribution in [3.63, 3.8) is 0 Å². The Balaban J connectivity index is 2.07. The second kappa shape index (κ2) is 7.27. The average Bonchev–Trinajstić information content (AvgIpc) is 2.26. The highest BCUT2D eigenvalue weighted by Gasteiger charge is 1.92. The fourth-order valence-corrected chi connectivity index (χ4v) is 1.53. The number of nitrogens with one attached hydrogen (secondary N) is 1. The first-order valence-corrected chi connectivity index (χ1v) is 5.82. The molecule has 0 spiro atoms. The second-order valence-corrected chi connectivity index (χ2v) is 3.85. The van der Waals surface area contributed by atoms with Gasteiger partial charge in [-0.05, 0) is 30.7 Å². The van der Waals surface area contributed by atoms with E-state index in [1.807, 2.05) is 0 Å². The molecule has 84 valence electrons. The number of hydrogen-bond donors (Lipinski definition) is 1. The zero-order chi connectivity index (χ0) is 10.9. The molecular formula is C13H20FN. The first-order valence-electron chi connectivity index (χ1n) is 5.82. The maximum absolute atomic E-state index is 12.6. The van der Waals surface area contributed by atoms with Crippen molar-refractivity contribution in [2.45, 2.75) is 39.0 Å². The van der Waals surface area contributed by atoms with E-state index in [9.17, 15) is 4.39 Å². The number of benzene rings is 1. The minimum atomic E-state index is -0.177. The number of hydrogen-bond acceptors (Lipinski definition) is 1. The molecule has 0 aliphatic rings. The molecule has 1 aromatic carbocycles. The van der Waals surface area contributed by atoms with Crippen molar-refractivity contribution in [1.29, 1.82) is 0 Å². The molecular weight excluding hydrogens is 189 g/mol. The summed E-state index contributed by atoms with van der Waals surface area (Å²) in [6, 6.07) is 6.53. The maximum atomic E-state index is 12.6. The predicted octanol–water partition coefficient (Wildman–Crippen LogP) is 4.21. The van der Waals surface area contributed by atoms with Crippen LogP contribution in [0.5, 0.6) is 0 Å². The van der Waals surface area contributed by atoms with Gasteiger partial charge in [-0.1, -0.05) is 32.6 Å². The molecule has 1 rings (SSSR count). The Kier molecular flexibility index (Phi) is 5.83. The lowest BCUT2D eigenvalue weighted by atomic mass is 10.1. The van der Waals surface area contributed by atoms with Crippen molar-refractivity contribution in [2.75, 3.05) is 11.9 Å². The molecule has 15 heavy (non-hydrogen) atoms. The number of unbranched alkanes of at least 4 members (excludes halogenated alkanes) is 4. The van der Waals surface area contributed by atoms with E-state index in [0.29, 0.717) is 0 Å². The minimum Gasteiger partial charge on any atom is -0.385 e. The van der Waals surface area contributed by atoms with Gasteiger partial charge in [-0.15, -0.1) is 0 Å². The van der Waals surface area contributed by atoms with Gasteiger partial charge in [0.2, 0.25) is 0 Å². The Hall–Kier alpha value is -1.05. The third kappa shape index (κ3) is 5.40.